The molecule has 1 rings (SSSR count). The van der Waals surface area contributed by atoms with E-state index in [2.05, 4.69) is 15.0 Å². The Bertz CT molecular complexity index is 397. The summed E-state index contributed by atoms with van der Waals surface area (Å²) in [6.45, 7) is 0. The standard InChI is InChI=1S/C5H7N7O2/c6-3-2(12(13)14)4(10-1-9-3)11-5(7)8/h1H,(H6,6,7,8,9,10,11). The minimum absolute atomic E-state index is 0.262. The van der Waals surface area contributed by atoms with Crippen molar-refractivity contribution in [3.05, 3.63) is 16.4 Å². The molecule has 0 aliphatic heterocycles. The minimum Gasteiger partial charge on any atom is -0.378 e. The number of guanidine groups is 1. The van der Waals surface area contributed by atoms with Gasteiger partial charge in [-0.1, -0.05) is 0 Å². The van der Waals surface area contributed by atoms with E-state index in [0.29, 0.717) is 0 Å². The zero-order valence-corrected chi connectivity index (χ0v) is 6.91. The maximum Gasteiger partial charge on any atom is 0.355 e. The summed E-state index contributed by atoms with van der Waals surface area (Å²) in [6, 6.07) is 0. The van der Waals surface area contributed by atoms with E-state index in [-0.39, 0.29) is 17.6 Å². The predicted octanol–water partition coefficient (Wildman–Crippen LogP) is -1.13. The Balaban J connectivity index is 3.36. The van der Waals surface area contributed by atoms with Crippen molar-refractivity contribution in [3.8, 4) is 0 Å². The predicted molar refractivity (Wildman–Crippen MR) is 48.6 cm³/mol. The number of hydrogen-bond acceptors (Lipinski definition) is 6. The molecule has 14 heavy (non-hydrogen) atoms. The van der Waals surface area contributed by atoms with E-state index < -0.39 is 10.6 Å². The molecule has 9 nitrogen and oxygen atoms in total. The van der Waals surface area contributed by atoms with Gasteiger partial charge in [0.1, 0.15) is 6.33 Å². The van der Waals surface area contributed by atoms with Crippen molar-refractivity contribution >= 4 is 23.3 Å². The highest BCUT2D eigenvalue weighted by Crippen LogP contribution is 2.28. The van der Waals surface area contributed by atoms with Gasteiger partial charge in [-0.25, -0.2) is 9.97 Å². The molecule has 0 saturated carbocycles. The van der Waals surface area contributed by atoms with E-state index in [9.17, 15) is 10.1 Å². The molecule has 0 atom stereocenters. The van der Waals surface area contributed by atoms with Crippen LogP contribution in [0.2, 0.25) is 0 Å². The van der Waals surface area contributed by atoms with Crippen LogP contribution in [0.15, 0.2) is 11.3 Å². The molecule has 6 N–H and O–H groups in total. The molecule has 74 valence electrons. The first-order valence-corrected chi connectivity index (χ1v) is 3.37. The lowest BCUT2D eigenvalue weighted by Gasteiger charge is -1.98. The summed E-state index contributed by atoms with van der Waals surface area (Å²) in [5.41, 5.74) is 14.8. The highest BCUT2D eigenvalue weighted by Gasteiger charge is 2.20. The second-order valence-electron chi connectivity index (χ2n) is 2.22. The van der Waals surface area contributed by atoms with Crippen molar-refractivity contribution in [2.45, 2.75) is 0 Å². The van der Waals surface area contributed by atoms with Crippen molar-refractivity contribution in [1.82, 2.24) is 9.97 Å². The van der Waals surface area contributed by atoms with E-state index in [4.69, 9.17) is 17.2 Å². The fourth-order valence-corrected chi connectivity index (χ4v) is 0.762. The maximum absolute atomic E-state index is 10.5. The molecule has 0 amide bonds. The van der Waals surface area contributed by atoms with Crippen LogP contribution >= 0.6 is 0 Å². The van der Waals surface area contributed by atoms with Gasteiger partial charge in [0.05, 0.1) is 4.92 Å². The second-order valence-corrected chi connectivity index (χ2v) is 2.22. The molecule has 1 aromatic heterocycles. The molecule has 0 unspecified atom stereocenters. The number of nitrogens with two attached hydrogens (primary N) is 3. The van der Waals surface area contributed by atoms with Crippen molar-refractivity contribution in [1.29, 1.82) is 0 Å². The Labute approximate surface area is 77.8 Å². The van der Waals surface area contributed by atoms with Crippen LogP contribution in [0.25, 0.3) is 0 Å². The Hall–Kier alpha value is -2.45. The molecule has 1 aromatic rings. The van der Waals surface area contributed by atoms with Gasteiger partial charge in [-0.15, -0.1) is 0 Å². The number of nitro groups is 1. The highest BCUT2D eigenvalue weighted by atomic mass is 16.6. The summed E-state index contributed by atoms with van der Waals surface area (Å²) in [6.07, 6.45) is 1.03. The number of hydrogen-bond donors (Lipinski definition) is 3. The first kappa shape index (κ1) is 9.64. The van der Waals surface area contributed by atoms with E-state index >= 15 is 0 Å². The largest absolute Gasteiger partial charge is 0.378 e. The lowest BCUT2D eigenvalue weighted by atomic mass is 10.4. The van der Waals surface area contributed by atoms with Crippen LogP contribution in [0, 0.1) is 10.1 Å². The monoisotopic (exact) mass is 197 g/mol. The van der Waals surface area contributed by atoms with Crippen LogP contribution in [0.4, 0.5) is 17.3 Å². The summed E-state index contributed by atoms with van der Waals surface area (Å²) in [5.74, 6) is -0.890. The molecule has 0 fully saturated rings. The molecular formula is C5H7N7O2. The summed E-state index contributed by atoms with van der Waals surface area (Å²) in [7, 11) is 0. The summed E-state index contributed by atoms with van der Waals surface area (Å²) < 4.78 is 0. The van der Waals surface area contributed by atoms with E-state index in [0.717, 1.165) is 6.33 Å². The average molecular weight is 197 g/mol. The molecule has 0 bridgehead atoms. The quantitative estimate of drug-likeness (QED) is 0.234. The number of nitrogens with zero attached hydrogens (tertiary/aromatic N) is 4. The van der Waals surface area contributed by atoms with Crippen LogP contribution in [-0.2, 0) is 0 Å². The number of aliphatic imine (C=N–C) groups is 1. The zero-order chi connectivity index (χ0) is 10.7. The third-order valence-corrected chi connectivity index (χ3v) is 1.25. The van der Waals surface area contributed by atoms with Gasteiger partial charge in [0.25, 0.3) is 0 Å². The average Bonchev–Trinajstić information content (AvgIpc) is 2.01. The van der Waals surface area contributed by atoms with Crippen LogP contribution in [0.5, 0.6) is 0 Å². The summed E-state index contributed by atoms with van der Waals surface area (Å²) >= 11 is 0. The molecule has 0 saturated heterocycles. The van der Waals surface area contributed by atoms with Gasteiger partial charge in [-0.2, -0.15) is 4.99 Å². The van der Waals surface area contributed by atoms with Crippen molar-refractivity contribution in [2.75, 3.05) is 5.73 Å². The van der Waals surface area contributed by atoms with Crippen molar-refractivity contribution in [2.24, 2.45) is 16.5 Å². The van der Waals surface area contributed by atoms with Gasteiger partial charge in [-0.05, 0) is 0 Å². The number of rotatable bonds is 2. The van der Waals surface area contributed by atoms with Gasteiger partial charge in [0.2, 0.25) is 11.6 Å². The van der Waals surface area contributed by atoms with Gasteiger partial charge in [0.15, 0.2) is 5.96 Å². The zero-order valence-electron chi connectivity index (χ0n) is 6.91. The summed E-state index contributed by atoms with van der Waals surface area (Å²) in [5, 5.41) is 10.5. The molecule has 0 aliphatic rings. The van der Waals surface area contributed by atoms with Crippen molar-refractivity contribution < 1.29 is 4.92 Å². The van der Waals surface area contributed by atoms with Gasteiger partial charge < -0.3 is 17.2 Å². The van der Waals surface area contributed by atoms with Crippen LogP contribution in [0.3, 0.4) is 0 Å². The van der Waals surface area contributed by atoms with E-state index in [1.165, 1.54) is 0 Å². The third-order valence-electron chi connectivity index (χ3n) is 1.25. The fourth-order valence-electron chi connectivity index (χ4n) is 0.762. The number of aromatic nitrogens is 2. The van der Waals surface area contributed by atoms with Gasteiger partial charge in [0, 0.05) is 0 Å². The molecule has 0 radical (unpaired) electrons. The Kier molecular flexibility index (Phi) is 2.42. The fraction of sp³-hybridized carbons (Fsp3) is 0. The Morgan fingerprint density at radius 1 is 1.50 bits per heavy atom. The van der Waals surface area contributed by atoms with Crippen LogP contribution in [-0.4, -0.2) is 20.9 Å². The molecule has 0 aliphatic carbocycles. The molecule has 0 spiro atoms. The SMILES string of the molecule is NC(N)=Nc1ncnc(N)c1[N+](=O)[O-]. The minimum atomic E-state index is -0.753. The van der Waals surface area contributed by atoms with Crippen molar-refractivity contribution in [3.63, 3.8) is 0 Å². The Morgan fingerprint density at radius 2 is 2.14 bits per heavy atom. The first-order valence-electron chi connectivity index (χ1n) is 3.37. The summed E-state index contributed by atoms with van der Waals surface area (Å²) in [4.78, 5) is 20.2. The molecule has 0 aromatic carbocycles. The molecule has 9 heteroatoms. The lowest BCUT2D eigenvalue weighted by Crippen LogP contribution is -2.22. The number of anilines is 1. The van der Waals surface area contributed by atoms with Gasteiger partial charge >= 0.3 is 5.69 Å². The Morgan fingerprint density at radius 3 is 2.64 bits per heavy atom. The lowest BCUT2D eigenvalue weighted by molar-refractivity contribution is -0.383. The topological polar surface area (TPSA) is 159 Å². The van der Waals surface area contributed by atoms with Crippen LogP contribution in [0.1, 0.15) is 0 Å². The van der Waals surface area contributed by atoms with Crippen LogP contribution < -0.4 is 17.2 Å². The van der Waals surface area contributed by atoms with E-state index in [1.807, 2.05) is 0 Å². The second kappa shape index (κ2) is 3.51. The molecular weight excluding hydrogens is 190 g/mol. The first-order chi connectivity index (χ1) is 6.52. The van der Waals surface area contributed by atoms with E-state index in [1.54, 1.807) is 0 Å². The van der Waals surface area contributed by atoms with Gasteiger partial charge in [-0.3, -0.25) is 10.1 Å². The third kappa shape index (κ3) is 1.83. The normalized spacial score (nSPS) is 9.43. The maximum atomic E-state index is 10.5. The smallest absolute Gasteiger partial charge is 0.355 e. The highest BCUT2D eigenvalue weighted by molar-refractivity contribution is 5.81. The number of nitrogen functional groups attached to an aromatic ring is 1. The molecule has 1 heterocycles.